The number of aliphatic carboxylic acids is 2. The minimum atomic E-state index is -1.17. The molecule has 0 aromatic rings. The number of hydrogen-bond donors (Lipinski definition) is 6. The number of carboxylic acids is 2. The number of unbranched alkanes of at least 4 members (excludes halogenated alkanes) is 11. The highest BCUT2D eigenvalue weighted by molar-refractivity contribution is 5.84. The fraction of sp³-hybridized carbons (Fsp3) is 0.818. The molecule has 0 rings (SSSR count). The second-order valence-corrected chi connectivity index (χ2v) is 12.2. The average Bonchev–Trinajstić information content (AvgIpc) is 2.98. The average molecular weight is 641 g/mol. The van der Waals surface area contributed by atoms with E-state index in [9.17, 15) is 33.9 Å². The molecular formula is C33H60N4O8. The van der Waals surface area contributed by atoms with Crippen LogP contribution in [0, 0.1) is 5.92 Å². The summed E-state index contributed by atoms with van der Waals surface area (Å²) in [6, 6.07) is -1.75. The SMILES string of the molecule is CC(=O)[C@@H](C)CCCCNC(=O)[C@@H](N)CCCCNC(=O)CC[C@H](NC(=O)CCCCCCCCCCCCC(=O)O)C(=O)O. The smallest absolute Gasteiger partial charge is 0.326 e. The fourth-order valence-electron chi connectivity index (χ4n) is 4.83. The van der Waals surface area contributed by atoms with Crippen molar-refractivity contribution >= 4 is 35.4 Å². The van der Waals surface area contributed by atoms with Gasteiger partial charge in [-0.15, -0.1) is 0 Å². The molecule has 0 unspecified atom stereocenters. The van der Waals surface area contributed by atoms with E-state index in [4.69, 9.17) is 10.8 Å². The summed E-state index contributed by atoms with van der Waals surface area (Å²) in [7, 11) is 0. The van der Waals surface area contributed by atoms with Crippen molar-refractivity contribution in [1.82, 2.24) is 16.0 Å². The number of carboxylic acid groups (broad SMARTS) is 2. The second-order valence-electron chi connectivity index (χ2n) is 12.2. The first-order chi connectivity index (χ1) is 21.4. The Morgan fingerprint density at radius 3 is 1.64 bits per heavy atom. The quantitative estimate of drug-likeness (QED) is 0.0621. The van der Waals surface area contributed by atoms with E-state index < -0.39 is 24.0 Å². The standard InChI is InChI=1S/C33H60N4O8/c1-25(26(2)38)17-13-15-24-36-32(43)27(34)18-14-16-23-35-29(39)22-21-28(33(44)45)37-30(40)19-11-9-7-5-3-4-6-8-10-12-20-31(41)42/h25,27-28H,3-24,34H2,1-2H3,(H,35,39)(H,36,43)(H,37,40)(H,41,42)(H,44,45)/t25-,27-,28-/m0/s1. The van der Waals surface area contributed by atoms with Gasteiger partial charge in [0, 0.05) is 38.3 Å². The molecule has 12 heteroatoms. The van der Waals surface area contributed by atoms with Gasteiger partial charge in [0.2, 0.25) is 17.7 Å². The van der Waals surface area contributed by atoms with Crippen molar-refractivity contribution in [3.63, 3.8) is 0 Å². The number of Topliss-reactive ketones (excluding diaryl/α,β-unsaturated/α-hetero) is 1. The molecule has 0 aromatic carbocycles. The molecule has 0 bridgehead atoms. The minimum Gasteiger partial charge on any atom is -0.481 e. The van der Waals surface area contributed by atoms with Gasteiger partial charge in [0.25, 0.3) is 0 Å². The van der Waals surface area contributed by atoms with Gasteiger partial charge < -0.3 is 31.9 Å². The first-order valence-corrected chi connectivity index (χ1v) is 17.0. The molecule has 0 aromatic heterocycles. The molecule has 0 saturated carbocycles. The number of rotatable bonds is 30. The van der Waals surface area contributed by atoms with E-state index in [0.717, 1.165) is 77.0 Å². The van der Waals surface area contributed by atoms with Crippen LogP contribution in [0.2, 0.25) is 0 Å². The molecule has 0 heterocycles. The summed E-state index contributed by atoms with van der Waals surface area (Å²) < 4.78 is 0. The van der Waals surface area contributed by atoms with Crippen molar-refractivity contribution in [2.75, 3.05) is 13.1 Å². The molecule has 45 heavy (non-hydrogen) atoms. The molecule has 12 nitrogen and oxygen atoms in total. The Kier molecular flexibility index (Phi) is 25.5. The number of carbonyl (C=O) groups excluding carboxylic acids is 4. The van der Waals surface area contributed by atoms with Crippen molar-refractivity contribution in [3.05, 3.63) is 0 Å². The summed E-state index contributed by atoms with van der Waals surface area (Å²) in [6.07, 6.45) is 14.4. The summed E-state index contributed by atoms with van der Waals surface area (Å²) in [5, 5.41) is 26.2. The van der Waals surface area contributed by atoms with Crippen LogP contribution in [0.1, 0.15) is 142 Å². The van der Waals surface area contributed by atoms with Gasteiger partial charge in [-0.05, 0) is 58.3 Å². The lowest BCUT2D eigenvalue weighted by molar-refractivity contribution is -0.142. The van der Waals surface area contributed by atoms with Crippen molar-refractivity contribution in [3.8, 4) is 0 Å². The van der Waals surface area contributed by atoms with Crippen molar-refractivity contribution in [1.29, 1.82) is 0 Å². The molecule has 260 valence electrons. The number of amides is 3. The van der Waals surface area contributed by atoms with Crippen molar-refractivity contribution in [2.24, 2.45) is 11.7 Å². The van der Waals surface area contributed by atoms with Crippen LogP contribution in [0.15, 0.2) is 0 Å². The summed E-state index contributed by atoms with van der Waals surface area (Å²) in [5.74, 6) is -2.53. The van der Waals surface area contributed by atoms with Crippen LogP contribution in [0.5, 0.6) is 0 Å². The third-order valence-corrected chi connectivity index (χ3v) is 8.00. The van der Waals surface area contributed by atoms with E-state index in [-0.39, 0.29) is 55.1 Å². The lowest BCUT2D eigenvalue weighted by Crippen LogP contribution is -2.41. The van der Waals surface area contributed by atoms with E-state index in [2.05, 4.69) is 16.0 Å². The highest BCUT2D eigenvalue weighted by Crippen LogP contribution is 2.12. The van der Waals surface area contributed by atoms with Crippen LogP contribution in [-0.2, 0) is 28.8 Å². The van der Waals surface area contributed by atoms with Gasteiger partial charge in [-0.1, -0.05) is 64.7 Å². The Balaban J connectivity index is 3.88. The monoisotopic (exact) mass is 640 g/mol. The second kappa shape index (κ2) is 27.3. The maximum Gasteiger partial charge on any atom is 0.326 e. The van der Waals surface area contributed by atoms with Gasteiger partial charge in [-0.2, -0.15) is 0 Å². The molecule has 3 atom stereocenters. The highest BCUT2D eigenvalue weighted by atomic mass is 16.4. The molecule has 7 N–H and O–H groups in total. The molecule has 0 fully saturated rings. The number of nitrogens with one attached hydrogen (secondary N) is 3. The van der Waals surface area contributed by atoms with E-state index in [1.54, 1.807) is 6.92 Å². The van der Waals surface area contributed by atoms with Gasteiger partial charge in [0.1, 0.15) is 11.8 Å². The first kappa shape index (κ1) is 42.0. The third-order valence-electron chi connectivity index (χ3n) is 8.00. The van der Waals surface area contributed by atoms with Crippen LogP contribution >= 0.6 is 0 Å². The zero-order valence-corrected chi connectivity index (χ0v) is 27.7. The summed E-state index contributed by atoms with van der Waals surface area (Å²) in [4.78, 5) is 69.8. The third kappa shape index (κ3) is 26.0. The lowest BCUT2D eigenvalue weighted by Gasteiger charge is -2.15. The van der Waals surface area contributed by atoms with Gasteiger partial charge in [0.15, 0.2) is 0 Å². The van der Waals surface area contributed by atoms with Crippen molar-refractivity contribution < 1.29 is 39.0 Å². The van der Waals surface area contributed by atoms with Crippen LogP contribution in [0.4, 0.5) is 0 Å². The predicted octanol–water partition coefficient (Wildman–Crippen LogP) is 4.23. The Morgan fingerprint density at radius 1 is 0.600 bits per heavy atom. The number of ketones is 1. The lowest BCUT2D eigenvalue weighted by atomic mass is 10.0. The Morgan fingerprint density at radius 2 is 1.11 bits per heavy atom. The van der Waals surface area contributed by atoms with E-state index in [1.807, 2.05) is 6.92 Å². The van der Waals surface area contributed by atoms with Gasteiger partial charge in [-0.25, -0.2) is 4.79 Å². The Hall–Kier alpha value is -3.02. The normalized spacial score (nSPS) is 13.0. The van der Waals surface area contributed by atoms with Crippen LogP contribution in [0.25, 0.3) is 0 Å². The van der Waals surface area contributed by atoms with E-state index in [0.29, 0.717) is 38.8 Å². The number of hydrogen-bond acceptors (Lipinski definition) is 7. The number of nitrogens with two attached hydrogens (primary N) is 1. The number of carbonyl (C=O) groups is 6. The van der Waals surface area contributed by atoms with Crippen LogP contribution in [-0.4, -0.2) is 70.8 Å². The highest BCUT2D eigenvalue weighted by Gasteiger charge is 2.21. The predicted molar refractivity (Wildman–Crippen MR) is 173 cm³/mol. The summed E-state index contributed by atoms with van der Waals surface area (Å²) in [6.45, 7) is 4.39. The van der Waals surface area contributed by atoms with Crippen molar-refractivity contribution in [2.45, 2.75) is 154 Å². The van der Waals surface area contributed by atoms with Gasteiger partial charge >= 0.3 is 11.9 Å². The fourth-order valence-corrected chi connectivity index (χ4v) is 4.83. The van der Waals surface area contributed by atoms with E-state index in [1.165, 1.54) is 0 Å². The molecule has 0 aliphatic heterocycles. The first-order valence-electron chi connectivity index (χ1n) is 17.0. The maximum absolute atomic E-state index is 12.2. The van der Waals surface area contributed by atoms with Gasteiger partial charge in [0.05, 0.1) is 6.04 Å². The molecule has 3 amide bonds. The maximum atomic E-state index is 12.2. The molecular weight excluding hydrogens is 580 g/mol. The van der Waals surface area contributed by atoms with Crippen LogP contribution < -0.4 is 21.7 Å². The van der Waals surface area contributed by atoms with Gasteiger partial charge in [-0.3, -0.25) is 24.0 Å². The topological polar surface area (TPSA) is 205 Å². The molecule has 0 aliphatic carbocycles. The molecule has 0 saturated heterocycles. The zero-order valence-electron chi connectivity index (χ0n) is 27.7. The molecule has 0 aliphatic rings. The summed E-state index contributed by atoms with van der Waals surface area (Å²) in [5.41, 5.74) is 5.95. The minimum absolute atomic E-state index is 0.00191. The largest absolute Gasteiger partial charge is 0.481 e. The Labute approximate surface area is 269 Å². The Bertz CT molecular complexity index is 883. The van der Waals surface area contributed by atoms with Crippen LogP contribution in [0.3, 0.4) is 0 Å². The van der Waals surface area contributed by atoms with E-state index >= 15 is 0 Å². The zero-order chi connectivity index (χ0) is 33.9. The summed E-state index contributed by atoms with van der Waals surface area (Å²) >= 11 is 0. The molecule has 0 spiro atoms. The molecule has 0 radical (unpaired) electrons.